The standard InChI is InChI=1S/C25H32N2O4/c1-17(2)23(18-8-6-5-7-9-18)26-24(28)19-10-12-27(13-11-19)25(29)20-14-21(30-3)16-22(15-20)31-4/h5-9,14-17,19,23H,10-13H2,1-4H3,(H,26,28)/t23-/m1/s1. The minimum Gasteiger partial charge on any atom is -0.497 e. The number of nitrogens with one attached hydrogen (secondary N) is 1. The summed E-state index contributed by atoms with van der Waals surface area (Å²) in [5.41, 5.74) is 1.65. The predicted molar refractivity (Wildman–Crippen MR) is 120 cm³/mol. The number of piperidine rings is 1. The summed E-state index contributed by atoms with van der Waals surface area (Å²) in [4.78, 5) is 27.7. The molecule has 31 heavy (non-hydrogen) atoms. The number of hydrogen-bond acceptors (Lipinski definition) is 4. The lowest BCUT2D eigenvalue weighted by Gasteiger charge is -2.33. The molecule has 0 unspecified atom stereocenters. The number of hydrogen-bond donors (Lipinski definition) is 1. The van der Waals surface area contributed by atoms with Gasteiger partial charge in [-0.1, -0.05) is 44.2 Å². The SMILES string of the molecule is COc1cc(OC)cc(C(=O)N2CCC(C(=O)N[C@@H](c3ccccc3)C(C)C)CC2)c1. The Kier molecular flexibility index (Phi) is 7.55. The van der Waals surface area contributed by atoms with Crippen molar-refractivity contribution in [1.82, 2.24) is 10.2 Å². The van der Waals surface area contributed by atoms with Gasteiger partial charge in [0.05, 0.1) is 20.3 Å². The molecule has 1 heterocycles. The molecule has 166 valence electrons. The van der Waals surface area contributed by atoms with Crippen LogP contribution in [0.4, 0.5) is 0 Å². The second kappa shape index (κ2) is 10.3. The Morgan fingerprint density at radius 3 is 2.06 bits per heavy atom. The van der Waals surface area contributed by atoms with Gasteiger partial charge in [-0.05, 0) is 36.5 Å². The number of amides is 2. The molecule has 1 aliphatic heterocycles. The van der Waals surface area contributed by atoms with E-state index in [-0.39, 0.29) is 29.7 Å². The van der Waals surface area contributed by atoms with Crippen molar-refractivity contribution < 1.29 is 19.1 Å². The number of likely N-dealkylation sites (tertiary alicyclic amines) is 1. The van der Waals surface area contributed by atoms with E-state index in [0.29, 0.717) is 43.0 Å². The first-order chi connectivity index (χ1) is 14.9. The zero-order valence-corrected chi connectivity index (χ0v) is 18.8. The normalized spacial score (nSPS) is 15.5. The highest BCUT2D eigenvalue weighted by molar-refractivity contribution is 5.95. The third-order valence-electron chi connectivity index (χ3n) is 5.87. The maximum Gasteiger partial charge on any atom is 0.254 e. The van der Waals surface area contributed by atoms with Gasteiger partial charge in [-0.25, -0.2) is 0 Å². The van der Waals surface area contributed by atoms with Crippen LogP contribution >= 0.6 is 0 Å². The molecule has 2 aromatic rings. The molecule has 2 amide bonds. The molecular weight excluding hydrogens is 392 g/mol. The van der Waals surface area contributed by atoms with E-state index >= 15 is 0 Å². The van der Waals surface area contributed by atoms with Crippen LogP contribution < -0.4 is 14.8 Å². The smallest absolute Gasteiger partial charge is 0.254 e. The molecule has 1 aliphatic rings. The average molecular weight is 425 g/mol. The van der Waals surface area contributed by atoms with Crippen LogP contribution in [0.3, 0.4) is 0 Å². The van der Waals surface area contributed by atoms with Crippen LogP contribution in [0.1, 0.15) is 48.7 Å². The largest absolute Gasteiger partial charge is 0.497 e. The minimum atomic E-state index is -0.0890. The Morgan fingerprint density at radius 1 is 0.968 bits per heavy atom. The molecule has 1 atom stereocenters. The van der Waals surface area contributed by atoms with E-state index in [4.69, 9.17) is 9.47 Å². The second-order valence-electron chi connectivity index (χ2n) is 8.31. The fourth-order valence-electron chi connectivity index (χ4n) is 4.02. The van der Waals surface area contributed by atoms with Gasteiger partial charge < -0.3 is 19.7 Å². The first-order valence-electron chi connectivity index (χ1n) is 10.8. The van der Waals surface area contributed by atoms with Gasteiger partial charge in [-0.15, -0.1) is 0 Å². The lowest BCUT2D eigenvalue weighted by Crippen LogP contribution is -2.44. The lowest BCUT2D eigenvalue weighted by molar-refractivity contribution is -0.127. The fourth-order valence-corrected chi connectivity index (χ4v) is 4.02. The van der Waals surface area contributed by atoms with Gasteiger partial charge in [0.25, 0.3) is 5.91 Å². The summed E-state index contributed by atoms with van der Waals surface area (Å²) in [6.45, 7) is 5.32. The molecule has 3 rings (SSSR count). The molecule has 0 bridgehead atoms. The maximum atomic E-state index is 13.0. The number of ether oxygens (including phenoxy) is 2. The molecular formula is C25H32N2O4. The van der Waals surface area contributed by atoms with Crippen LogP contribution in [0.15, 0.2) is 48.5 Å². The molecule has 6 heteroatoms. The van der Waals surface area contributed by atoms with Crippen molar-refractivity contribution in [1.29, 1.82) is 0 Å². The molecule has 1 N–H and O–H groups in total. The van der Waals surface area contributed by atoms with E-state index in [1.807, 2.05) is 18.2 Å². The molecule has 0 radical (unpaired) electrons. The fraction of sp³-hybridized carbons (Fsp3) is 0.440. The topological polar surface area (TPSA) is 67.9 Å². The van der Waals surface area contributed by atoms with Crippen molar-refractivity contribution in [2.45, 2.75) is 32.7 Å². The zero-order chi connectivity index (χ0) is 22.4. The quantitative estimate of drug-likeness (QED) is 0.728. The molecule has 1 saturated heterocycles. The molecule has 0 aliphatic carbocycles. The van der Waals surface area contributed by atoms with Crippen LogP contribution in [0.5, 0.6) is 11.5 Å². The number of carbonyl (C=O) groups excluding carboxylic acids is 2. The third kappa shape index (κ3) is 5.57. The van der Waals surface area contributed by atoms with E-state index in [1.165, 1.54) is 0 Å². The minimum absolute atomic E-state index is 0.0161. The van der Waals surface area contributed by atoms with Crippen molar-refractivity contribution in [3.63, 3.8) is 0 Å². The van der Waals surface area contributed by atoms with Crippen LogP contribution in [-0.4, -0.2) is 44.0 Å². The van der Waals surface area contributed by atoms with Crippen molar-refractivity contribution in [3.8, 4) is 11.5 Å². The Bertz CT molecular complexity index is 867. The van der Waals surface area contributed by atoms with Gasteiger partial charge in [0, 0.05) is 30.6 Å². The monoisotopic (exact) mass is 424 g/mol. The first kappa shape index (κ1) is 22.7. The maximum absolute atomic E-state index is 13.0. The van der Waals surface area contributed by atoms with Crippen LogP contribution in [0, 0.1) is 11.8 Å². The highest BCUT2D eigenvalue weighted by Crippen LogP contribution is 2.27. The van der Waals surface area contributed by atoms with E-state index in [0.717, 1.165) is 5.56 Å². The van der Waals surface area contributed by atoms with Crippen LogP contribution in [0.2, 0.25) is 0 Å². The number of benzene rings is 2. The highest BCUT2D eigenvalue weighted by atomic mass is 16.5. The van der Waals surface area contributed by atoms with Crippen LogP contribution in [-0.2, 0) is 4.79 Å². The Morgan fingerprint density at radius 2 is 1.55 bits per heavy atom. The van der Waals surface area contributed by atoms with Gasteiger partial charge in [-0.3, -0.25) is 9.59 Å². The Hall–Kier alpha value is -3.02. The summed E-state index contributed by atoms with van der Waals surface area (Å²) in [5.74, 6) is 1.36. The van der Waals surface area contributed by atoms with Gasteiger partial charge in [0.15, 0.2) is 0 Å². The van der Waals surface area contributed by atoms with Crippen molar-refractivity contribution >= 4 is 11.8 Å². The van der Waals surface area contributed by atoms with Crippen LogP contribution in [0.25, 0.3) is 0 Å². The number of carbonyl (C=O) groups is 2. The number of rotatable bonds is 7. The average Bonchev–Trinajstić information content (AvgIpc) is 2.81. The van der Waals surface area contributed by atoms with Gasteiger partial charge in [0.1, 0.15) is 11.5 Å². The number of nitrogens with zero attached hydrogens (tertiary/aromatic N) is 1. The van der Waals surface area contributed by atoms with Gasteiger partial charge in [0.2, 0.25) is 5.91 Å². The first-order valence-corrected chi connectivity index (χ1v) is 10.8. The van der Waals surface area contributed by atoms with Crippen molar-refractivity contribution in [2.24, 2.45) is 11.8 Å². The molecule has 1 fully saturated rings. The number of methoxy groups -OCH3 is 2. The predicted octanol–water partition coefficient (Wildman–Crippen LogP) is 4.07. The zero-order valence-electron chi connectivity index (χ0n) is 18.8. The summed E-state index contributed by atoms with van der Waals surface area (Å²) in [6.07, 6.45) is 1.30. The Balaban J connectivity index is 1.61. The van der Waals surface area contributed by atoms with Crippen molar-refractivity contribution in [2.75, 3.05) is 27.3 Å². The summed E-state index contributed by atoms with van der Waals surface area (Å²) < 4.78 is 10.5. The molecule has 2 aromatic carbocycles. The summed E-state index contributed by atoms with van der Waals surface area (Å²) >= 11 is 0. The molecule has 0 saturated carbocycles. The molecule has 0 aromatic heterocycles. The Labute approximate surface area is 184 Å². The van der Waals surface area contributed by atoms with E-state index in [2.05, 4.69) is 31.3 Å². The van der Waals surface area contributed by atoms with Gasteiger partial charge >= 0.3 is 0 Å². The van der Waals surface area contributed by atoms with E-state index < -0.39 is 0 Å². The summed E-state index contributed by atoms with van der Waals surface area (Å²) in [5, 5.41) is 3.23. The van der Waals surface area contributed by atoms with Gasteiger partial charge in [-0.2, -0.15) is 0 Å². The van der Waals surface area contributed by atoms with E-state index in [9.17, 15) is 9.59 Å². The highest BCUT2D eigenvalue weighted by Gasteiger charge is 2.30. The second-order valence-corrected chi connectivity index (χ2v) is 8.31. The van der Waals surface area contributed by atoms with Crippen molar-refractivity contribution in [3.05, 3.63) is 59.7 Å². The summed E-state index contributed by atoms with van der Waals surface area (Å²) in [7, 11) is 3.13. The summed E-state index contributed by atoms with van der Waals surface area (Å²) in [6, 6.07) is 15.2. The third-order valence-corrected chi connectivity index (χ3v) is 5.87. The lowest BCUT2D eigenvalue weighted by atomic mass is 9.92. The molecule has 0 spiro atoms. The van der Waals surface area contributed by atoms with E-state index in [1.54, 1.807) is 37.3 Å². The molecule has 6 nitrogen and oxygen atoms in total.